The summed E-state index contributed by atoms with van der Waals surface area (Å²) in [5.41, 5.74) is -0.289. The monoisotopic (exact) mass is 1160 g/mol. The fourth-order valence-corrected chi connectivity index (χ4v) is 13.7. The normalized spacial score (nSPS) is 36.0. The number of ketones is 3. The third-order valence-electron chi connectivity index (χ3n) is 19.4. The molecule has 3 fully saturated rings. The molecule has 2 bridgehead atoms. The molecule has 2 N–H and O–H groups in total. The number of cyclic esters (lactones) is 1. The lowest BCUT2D eigenvalue weighted by atomic mass is 9.77. The summed E-state index contributed by atoms with van der Waals surface area (Å²) in [5, 5.41) is 21.8. The van der Waals surface area contributed by atoms with Gasteiger partial charge in [0.1, 0.15) is 24.0 Å². The van der Waals surface area contributed by atoms with Crippen LogP contribution in [0, 0.1) is 35.5 Å². The number of aliphatic hydroxyl groups is 2. The highest BCUT2D eigenvalue weighted by Gasteiger charge is 2.56. The Morgan fingerprint density at radius 2 is 1.45 bits per heavy atom. The Hall–Kier alpha value is -2.94. The SMILES string of the molecule is CO[C@H]1C(=O)[C@H](C)C[C@H](C)/C=C/C=C/C=C(\C)[C@@H](O)C[C@@H]2CC[C@@H](C)C(CO[Si](C)(C)C(C)(C)C)(O2)C(=O)C(=O)N2CCCC[C@H]2C(=O)O[C@H]([C@H](C)CC[C@@H]2CC[C@@H](O)[C@H](OC)C2)CC(=O)[C@H](C)/C=C(\C)C1O[Si](C)(C)C(C)(C)C. The van der Waals surface area contributed by atoms with Gasteiger partial charge in [0.15, 0.2) is 28.0 Å². The molecule has 0 aromatic rings. The van der Waals surface area contributed by atoms with E-state index in [4.69, 9.17) is 27.8 Å². The number of nitrogens with zero attached hydrogens (tertiary/aromatic N) is 1. The summed E-state index contributed by atoms with van der Waals surface area (Å²) >= 11 is 0. The summed E-state index contributed by atoms with van der Waals surface area (Å²) in [6.45, 7) is 34.7. The molecular formula is C64H109NO13Si2. The van der Waals surface area contributed by atoms with E-state index in [1.165, 1.54) is 12.0 Å². The van der Waals surface area contributed by atoms with Crippen LogP contribution in [0.15, 0.2) is 47.6 Å². The summed E-state index contributed by atoms with van der Waals surface area (Å²) in [6.07, 6.45) is 13.3. The number of Topliss-reactive ketones (excluding diaryl/α,β-unsaturated/α-hetero) is 3. The number of piperidine rings is 1. The first-order valence-electron chi connectivity index (χ1n) is 30.3. The van der Waals surface area contributed by atoms with Gasteiger partial charge in [-0.05, 0) is 156 Å². The standard InChI is InChI=1S/C64H109NO13Si2/c1-41-25-21-20-22-26-42(2)52(67)38-49-32-29-47(7)64(77-49,40-75-79(16,17)62(8,9)10)59(70)60(71)65-34-24-23-27-50(65)61(72)76-54(43(3)28-30-48-31-33-51(66)55(37-48)73-14)39-53(68)44(4)36-46(6)57(78-80(18,19)63(11,12)13)58(74-15)56(69)45(5)35-41/h20-22,25-26,36,41,43-45,47-52,54-55,57-58,66-67H,23-24,27-35,37-40H2,1-19H3/b22-20+,25-21+,42-26+,46-36+/t41-,43-,44-,45-,47-,48-,49+,50+,51-,52+,54+,55-,57?,58+,64?/m1/s1. The molecule has 1 amide bonds. The van der Waals surface area contributed by atoms with Crippen LogP contribution < -0.4 is 0 Å². The Bertz CT molecular complexity index is 2210. The number of hydrogen-bond acceptors (Lipinski definition) is 13. The van der Waals surface area contributed by atoms with Crippen molar-refractivity contribution >= 4 is 45.9 Å². The van der Waals surface area contributed by atoms with Gasteiger partial charge in [0.25, 0.3) is 11.7 Å². The van der Waals surface area contributed by atoms with Crippen molar-refractivity contribution in [2.75, 3.05) is 27.4 Å². The van der Waals surface area contributed by atoms with Gasteiger partial charge >= 0.3 is 5.97 Å². The van der Waals surface area contributed by atoms with Crippen molar-refractivity contribution in [2.24, 2.45) is 35.5 Å². The number of methoxy groups -OCH3 is 2. The third kappa shape index (κ3) is 18.3. The van der Waals surface area contributed by atoms with E-state index in [1.807, 2.05) is 71.9 Å². The average molecular weight is 1160 g/mol. The molecule has 1 aliphatic carbocycles. The molecule has 0 spiro atoms. The first-order valence-corrected chi connectivity index (χ1v) is 36.2. The van der Waals surface area contributed by atoms with Gasteiger partial charge in [-0.15, -0.1) is 0 Å². The molecule has 4 rings (SSSR count). The lowest BCUT2D eigenvalue weighted by Crippen LogP contribution is -2.63. The highest BCUT2D eigenvalue weighted by Crippen LogP contribution is 2.43. The number of carbonyl (C=O) groups excluding carboxylic acids is 5. The number of carbonyl (C=O) groups is 5. The number of esters is 1. The zero-order valence-corrected chi connectivity index (χ0v) is 55.0. The highest BCUT2D eigenvalue weighted by atomic mass is 28.4. The molecule has 3 heterocycles. The Morgan fingerprint density at radius 1 is 0.787 bits per heavy atom. The molecule has 0 aromatic heterocycles. The smallest absolute Gasteiger partial charge is 0.329 e. The second kappa shape index (κ2) is 29.7. The van der Waals surface area contributed by atoms with Crippen LogP contribution in [0.3, 0.4) is 0 Å². The van der Waals surface area contributed by atoms with E-state index >= 15 is 9.59 Å². The highest BCUT2D eigenvalue weighted by molar-refractivity contribution is 6.74. The van der Waals surface area contributed by atoms with Gasteiger partial charge in [-0.2, -0.15) is 0 Å². The quantitative estimate of drug-likeness (QED) is 0.0863. The summed E-state index contributed by atoms with van der Waals surface area (Å²) < 4.78 is 39.1. The predicted octanol–water partition coefficient (Wildman–Crippen LogP) is 12.0. The molecule has 15 atom stereocenters. The largest absolute Gasteiger partial charge is 0.460 e. The minimum atomic E-state index is -2.55. The summed E-state index contributed by atoms with van der Waals surface area (Å²) in [6, 6.07) is -1.09. The molecule has 0 radical (unpaired) electrons. The average Bonchev–Trinajstić information content (AvgIpc) is 3.41. The lowest BCUT2D eigenvalue weighted by molar-refractivity contribution is -0.195. The Balaban J connectivity index is 1.85. The van der Waals surface area contributed by atoms with Gasteiger partial charge in [-0.3, -0.25) is 19.2 Å². The van der Waals surface area contributed by atoms with Crippen LogP contribution in [0.4, 0.5) is 0 Å². The number of rotatable bonds is 11. The van der Waals surface area contributed by atoms with Crippen molar-refractivity contribution in [2.45, 2.75) is 264 Å². The number of ether oxygens (including phenoxy) is 4. The van der Waals surface area contributed by atoms with Crippen molar-refractivity contribution in [3.8, 4) is 0 Å². The third-order valence-corrected chi connectivity index (χ3v) is 28.4. The fraction of sp³-hybridized carbons (Fsp3) is 0.797. The van der Waals surface area contributed by atoms with Crippen LogP contribution in [-0.2, 0) is 51.8 Å². The minimum Gasteiger partial charge on any atom is -0.460 e. The van der Waals surface area contributed by atoms with E-state index in [0.29, 0.717) is 62.5 Å². The van der Waals surface area contributed by atoms with Crippen LogP contribution in [0.25, 0.3) is 0 Å². The Kier molecular flexibility index (Phi) is 25.8. The van der Waals surface area contributed by atoms with Gasteiger partial charge in [0.05, 0.1) is 37.1 Å². The number of fused-ring (bicyclic) bond motifs is 3. The van der Waals surface area contributed by atoms with Gasteiger partial charge in [0, 0.05) is 45.4 Å². The first kappa shape index (κ1) is 69.6. The van der Waals surface area contributed by atoms with E-state index in [9.17, 15) is 24.6 Å². The molecule has 1 saturated carbocycles. The second-order valence-electron chi connectivity index (χ2n) is 27.8. The summed E-state index contributed by atoms with van der Waals surface area (Å²) in [5.74, 6) is -4.01. The van der Waals surface area contributed by atoms with E-state index in [0.717, 1.165) is 12.8 Å². The maximum Gasteiger partial charge on any atom is 0.329 e. The van der Waals surface area contributed by atoms with Gasteiger partial charge in [0.2, 0.25) is 0 Å². The molecule has 0 aromatic carbocycles. The summed E-state index contributed by atoms with van der Waals surface area (Å²) in [4.78, 5) is 76.3. The van der Waals surface area contributed by atoms with Crippen molar-refractivity contribution < 1.29 is 62.0 Å². The van der Waals surface area contributed by atoms with Crippen LogP contribution >= 0.6 is 0 Å². The van der Waals surface area contributed by atoms with Crippen LogP contribution in [0.1, 0.15) is 173 Å². The topological polar surface area (TPSA) is 184 Å². The van der Waals surface area contributed by atoms with Crippen LogP contribution in [0.2, 0.25) is 36.3 Å². The van der Waals surface area contributed by atoms with Crippen molar-refractivity contribution in [1.29, 1.82) is 0 Å². The molecule has 14 nitrogen and oxygen atoms in total. The Labute approximate surface area is 485 Å². The van der Waals surface area contributed by atoms with Gasteiger partial charge in [-0.25, -0.2) is 4.79 Å². The number of hydrogen-bond donors (Lipinski definition) is 2. The molecule has 3 aliphatic heterocycles. The van der Waals surface area contributed by atoms with Crippen molar-refractivity contribution in [3.63, 3.8) is 0 Å². The molecule has 2 unspecified atom stereocenters. The van der Waals surface area contributed by atoms with E-state index in [-0.39, 0.29) is 77.9 Å². The minimum absolute atomic E-state index is 0.0289. The van der Waals surface area contributed by atoms with Crippen molar-refractivity contribution in [3.05, 3.63) is 47.6 Å². The number of aliphatic hydroxyl groups excluding tert-OH is 2. The lowest BCUT2D eigenvalue weighted by Gasteiger charge is -2.48. The molecule has 80 heavy (non-hydrogen) atoms. The van der Waals surface area contributed by atoms with Crippen LogP contribution in [0.5, 0.6) is 0 Å². The van der Waals surface area contributed by atoms with E-state index in [1.54, 1.807) is 7.11 Å². The summed E-state index contributed by atoms with van der Waals surface area (Å²) in [7, 11) is -1.91. The number of allylic oxidation sites excluding steroid dienone is 6. The number of amides is 1. The van der Waals surface area contributed by atoms with Gasteiger partial charge < -0.3 is 42.9 Å². The van der Waals surface area contributed by atoms with Crippen LogP contribution in [-0.4, -0.2) is 143 Å². The molecule has 16 heteroatoms. The maximum atomic E-state index is 15.4. The molecular weight excluding hydrogens is 1050 g/mol. The zero-order valence-electron chi connectivity index (χ0n) is 53.0. The first-order chi connectivity index (χ1) is 37.1. The zero-order chi connectivity index (χ0) is 60.3. The Morgan fingerprint density at radius 3 is 2.08 bits per heavy atom. The molecule has 2 saturated heterocycles. The molecule has 4 aliphatic rings. The second-order valence-corrected chi connectivity index (χ2v) is 37.4. The van der Waals surface area contributed by atoms with E-state index < -0.39 is 100 Å². The van der Waals surface area contributed by atoms with E-state index in [2.05, 4.69) is 80.7 Å². The maximum absolute atomic E-state index is 15.4. The predicted molar refractivity (Wildman–Crippen MR) is 322 cm³/mol. The fourth-order valence-electron chi connectivity index (χ4n) is 11.4. The molecule has 456 valence electrons. The van der Waals surface area contributed by atoms with Crippen molar-refractivity contribution in [1.82, 2.24) is 4.90 Å². The van der Waals surface area contributed by atoms with Gasteiger partial charge in [-0.1, -0.05) is 113 Å².